The molecule has 0 unspecified atom stereocenters. The summed E-state index contributed by atoms with van der Waals surface area (Å²) in [5.41, 5.74) is 3.27. The molecular weight excluding hydrogens is 396 g/mol. The first-order chi connectivity index (χ1) is 12.1. The highest BCUT2D eigenvalue weighted by atomic mass is 79.9. The van der Waals surface area contributed by atoms with Crippen molar-refractivity contribution in [2.24, 2.45) is 4.99 Å². The smallest absolute Gasteiger partial charge is 0.190 e. The van der Waals surface area contributed by atoms with E-state index < -0.39 is 0 Å². The molecule has 0 atom stereocenters. The van der Waals surface area contributed by atoms with E-state index in [1.165, 1.54) is 16.1 Å². The van der Waals surface area contributed by atoms with Crippen LogP contribution < -0.4 is 9.54 Å². The number of methoxy groups -OCH3 is 1. The van der Waals surface area contributed by atoms with Crippen LogP contribution >= 0.6 is 27.3 Å². The van der Waals surface area contributed by atoms with Gasteiger partial charge in [0.15, 0.2) is 4.80 Å². The lowest BCUT2D eigenvalue weighted by Gasteiger charge is -2.08. The summed E-state index contributed by atoms with van der Waals surface area (Å²) in [7, 11) is 1.66. The van der Waals surface area contributed by atoms with Gasteiger partial charge in [-0.05, 0) is 48.9 Å². The van der Waals surface area contributed by atoms with E-state index in [2.05, 4.69) is 58.3 Å². The third-order valence-electron chi connectivity index (χ3n) is 3.81. The number of thiazole rings is 1. The second kappa shape index (κ2) is 7.85. The molecule has 3 rings (SSSR count). The minimum absolute atomic E-state index is 0.713. The number of aryl methyl sites for hydroxylation is 1. The molecule has 0 bridgehead atoms. The standard InChI is InChI=1S/C20H19BrN2OS/c1-4-13-23-19(15-5-7-16(21)8-6-15)14(2)25-20(23)22-17-9-11-18(24-3)12-10-17/h4-12H,1,13H2,2-3H3. The zero-order chi connectivity index (χ0) is 17.8. The lowest BCUT2D eigenvalue weighted by Crippen LogP contribution is -2.14. The van der Waals surface area contributed by atoms with Crippen LogP contribution in [0.25, 0.3) is 11.3 Å². The first-order valence-corrected chi connectivity index (χ1v) is 9.49. The lowest BCUT2D eigenvalue weighted by molar-refractivity contribution is 0.415. The van der Waals surface area contributed by atoms with Gasteiger partial charge in [0.1, 0.15) is 5.75 Å². The molecule has 25 heavy (non-hydrogen) atoms. The maximum absolute atomic E-state index is 5.21. The van der Waals surface area contributed by atoms with Gasteiger partial charge in [-0.2, -0.15) is 0 Å². The number of allylic oxidation sites excluding steroid dienone is 1. The molecule has 0 radical (unpaired) electrons. The van der Waals surface area contributed by atoms with Crippen LogP contribution in [0, 0.1) is 6.92 Å². The predicted molar refractivity (Wildman–Crippen MR) is 109 cm³/mol. The summed E-state index contributed by atoms with van der Waals surface area (Å²) in [6.45, 7) is 6.75. The van der Waals surface area contributed by atoms with Crippen LogP contribution in [0.15, 0.2) is 70.7 Å². The van der Waals surface area contributed by atoms with Gasteiger partial charge >= 0.3 is 0 Å². The number of halogens is 1. The Hall–Kier alpha value is -2.11. The molecule has 2 aromatic carbocycles. The fraction of sp³-hybridized carbons (Fsp3) is 0.150. The Morgan fingerprint density at radius 1 is 1.16 bits per heavy atom. The molecule has 1 aromatic heterocycles. The van der Waals surface area contributed by atoms with Crippen LogP contribution in [-0.4, -0.2) is 11.7 Å². The highest BCUT2D eigenvalue weighted by molar-refractivity contribution is 9.10. The number of rotatable bonds is 5. The quantitative estimate of drug-likeness (QED) is 0.490. The fourth-order valence-electron chi connectivity index (χ4n) is 2.64. The molecule has 0 spiro atoms. The van der Waals surface area contributed by atoms with Gasteiger partial charge in [-0.25, -0.2) is 4.99 Å². The van der Waals surface area contributed by atoms with E-state index in [0.717, 1.165) is 20.7 Å². The van der Waals surface area contributed by atoms with E-state index in [4.69, 9.17) is 9.73 Å². The SMILES string of the molecule is C=CCn1c(-c2ccc(Br)cc2)c(C)sc1=Nc1ccc(OC)cc1. The van der Waals surface area contributed by atoms with E-state index in [1.807, 2.05) is 30.3 Å². The summed E-state index contributed by atoms with van der Waals surface area (Å²) in [5.74, 6) is 0.829. The molecule has 0 fully saturated rings. The molecule has 0 N–H and O–H groups in total. The van der Waals surface area contributed by atoms with E-state index in [0.29, 0.717) is 6.54 Å². The van der Waals surface area contributed by atoms with Gasteiger partial charge in [0, 0.05) is 15.9 Å². The Labute approximate surface area is 160 Å². The first-order valence-electron chi connectivity index (χ1n) is 7.88. The van der Waals surface area contributed by atoms with Crippen LogP contribution in [0.5, 0.6) is 5.75 Å². The molecule has 0 saturated heterocycles. The van der Waals surface area contributed by atoms with Crippen molar-refractivity contribution in [3.8, 4) is 17.0 Å². The topological polar surface area (TPSA) is 26.5 Å². The number of hydrogen-bond donors (Lipinski definition) is 0. The number of ether oxygens (including phenoxy) is 1. The molecular formula is C20H19BrN2OS. The minimum Gasteiger partial charge on any atom is -0.497 e. The van der Waals surface area contributed by atoms with Crippen molar-refractivity contribution in [2.45, 2.75) is 13.5 Å². The summed E-state index contributed by atoms with van der Waals surface area (Å²) in [6, 6.07) is 16.1. The highest BCUT2D eigenvalue weighted by Gasteiger charge is 2.12. The van der Waals surface area contributed by atoms with Crippen molar-refractivity contribution in [3.05, 3.63) is 75.3 Å². The van der Waals surface area contributed by atoms with Crippen LogP contribution in [0.1, 0.15) is 4.88 Å². The summed E-state index contributed by atoms with van der Waals surface area (Å²) in [4.78, 5) is 7.02. The summed E-state index contributed by atoms with van der Waals surface area (Å²) in [5, 5.41) is 0. The van der Waals surface area contributed by atoms with Crippen molar-refractivity contribution >= 4 is 33.0 Å². The molecule has 3 aromatic rings. The normalized spacial score (nSPS) is 11.6. The number of nitrogens with zero attached hydrogens (tertiary/aromatic N) is 2. The zero-order valence-corrected chi connectivity index (χ0v) is 16.6. The molecule has 5 heteroatoms. The molecule has 0 aliphatic rings. The molecule has 0 saturated carbocycles. The van der Waals surface area contributed by atoms with Gasteiger partial charge in [0.2, 0.25) is 0 Å². The molecule has 0 aliphatic carbocycles. The molecule has 0 amide bonds. The van der Waals surface area contributed by atoms with Crippen LogP contribution in [0.4, 0.5) is 5.69 Å². The zero-order valence-electron chi connectivity index (χ0n) is 14.2. The number of hydrogen-bond acceptors (Lipinski definition) is 3. The molecule has 3 nitrogen and oxygen atoms in total. The third-order valence-corrected chi connectivity index (χ3v) is 5.33. The third kappa shape index (κ3) is 3.94. The maximum atomic E-state index is 5.21. The van der Waals surface area contributed by atoms with E-state index >= 15 is 0 Å². The van der Waals surface area contributed by atoms with Gasteiger partial charge in [-0.3, -0.25) is 0 Å². The average molecular weight is 415 g/mol. The Bertz CT molecular complexity index is 937. The van der Waals surface area contributed by atoms with Gasteiger partial charge in [0.05, 0.1) is 18.5 Å². The van der Waals surface area contributed by atoms with Crippen molar-refractivity contribution < 1.29 is 4.74 Å². The molecule has 128 valence electrons. The second-order valence-corrected chi connectivity index (χ2v) is 7.60. The fourth-order valence-corrected chi connectivity index (χ4v) is 3.93. The van der Waals surface area contributed by atoms with Gasteiger partial charge in [-0.1, -0.05) is 34.1 Å². The number of benzene rings is 2. The molecule has 0 aliphatic heterocycles. The molecule has 1 heterocycles. The largest absolute Gasteiger partial charge is 0.497 e. The Kier molecular flexibility index (Phi) is 5.56. The van der Waals surface area contributed by atoms with Crippen LogP contribution in [0.3, 0.4) is 0 Å². The monoisotopic (exact) mass is 414 g/mol. The maximum Gasteiger partial charge on any atom is 0.190 e. The van der Waals surface area contributed by atoms with Crippen LogP contribution in [0.2, 0.25) is 0 Å². The number of aromatic nitrogens is 1. The second-order valence-electron chi connectivity index (χ2n) is 5.51. The predicted octanol–water partition coefficient (Wildman–Crippen LogP) is 5.71. The first kappa shape index (κ1) is 17.7. The highest BCUT2D eigenvalue weighted by Crippen LogP contribution is 2.27. The van der Waals surface area contributed by atoms with Crippen molar-refractivity contribution in [3.63, 3.8) is 0 Å². The average Bonchev–Trinajstić information content (AvgIpc) is 2.92. The minimum atomic E-state index is 0.713. The van der Waals surface area contributed by atoms with E-state index in [1.54, 1.807) is 18.4 Å². The Morgan fingerprint density at radius 3 is 2.44 bits per heavy atom. The summed E-state index contributed by atoms with van der Waals surface area (Å²) >= 11 is 5.19. The van der Waals surface area contributed by atoms with Crippen molar-refractivity contribution in [1.82, 2.24) is 4.57 Å². The van der Waals surface area contributed by atoms with E-state index in [-0.39, 0.29) is 0 Å². The van der Waals surface area contributed by atoms with Gasteiger partial charge in [-0.15, -0.1) is 17.9 Å². The lowest BCUT2D eigenvalue weighted by atomic mass is 10.1. The summed E-state index contributed by atoms with van der Waals surface area (Å²) in [6.07, 6.45) is 1.90. The summed E-state index contributed by atoms with van der Waals surface area (Å²) < 4.78 is 8.49. The Balaban J connectivity index is 2.13. The van der Waals surface area contributed by atoms with Gasteiger partial charge < -0.3 is 9.30 Å². The Morgan fingerprint density at radius 2 is 1.84 bits per heavy atom. The van der Waals surface area contributed by atoms with Crippen molar-refractivity contribution in [1.29, 1.82) is 0 Å². The van der Waals surface area contributed by atoms with Crippen LogP contribution in [-0.2, 0) is 6.54 Å². The van der Waals surface area contributed by atoms with E-state index in [9.17, 15) is 0 Å². The van der Waals surface area contributed by atoms with Gasteiger partial charge in [0.25, 0.3) is 0 Å². The van der Waals surface area contributed by atoms with Crippen molar-refractivity contribution in [2.75, 3.05) is 7.11 Å².